The molecule has 0 bridgehead atoms. The second-order valence-electron chi connectivity index (χ2n) is 4.53. The molecule has 0 aliphatic rings. The zero-order valence-corrected chi connectivity index (χ0v) is 12.2. The minimum atomic E-state index is -0.241. The third-order valence-corrected chi connectivity index (χ3v) is 3.62. The van der Waals surface area contributed by atoms with Crippen LogP contribution < -0.4 is 11.3 Å². The molecule has 0 saturated carbocycles. The first-order valence-electron chi connectivity index (χ1n) is 6.07. The van der Waals surface area contributed by atoms with Crippen molar-refractivity contribution < 1.29 is 4.39 Å². The highest BCUT2D eigenvalue weighted by Gasteiger charge is 2.16. The van der Waals surface area contributed by atoms with Crippen molar-refractivity contribution in [2.24, 2.45) is 5.84 Å². The van der Waals surface area contributed by atoms with Crippen molar-refractivity contribution in [1.29, 1.82) is 0 Å². The average molecular weight is 323 g/mol. The average Bonchev–Trinajstić information content (AvgIpc) is 2.40. The van der Waals surface area contributed by atoms with E-state index in [9.17, 15) is 4.39 Å². The summed E-state index contributed by atoms with van der Waals surface area (Å²) in [6, 6.07) is 13.1. The quantitative estimate of drug-likeness (QED) is 0.666. The van der Waals surface area contributed by atoms with Crippen molar-refractivity contribution >= 4 is 15.9 Å². The molecule has 0 aliphatic carbocycles. The Kier molecular flexibility index (Phi) is 4.69. The summed E-state index contributed by atoms with van der Waals surface area (Å²) < 4.78 is 15.1. The Morgan fingerprint density at radius 2 is 2.00 bits per heavy atom. The summed E-state index contributed by atoms with van der Waals surface area (Å²) >= 11 is 3.43. The van der Waals surface area contributed by atoms with Crippen LogP contribution in [-0.2, 0) is 6.42 Å². The van der Waals surface area contributed by atoms with Crippen molar-refractivity contribution in [2.75, 3.05) is 0 Å². The molecule has 0 aromatic heterocycles. The summed E-state index contributed by atoms with van der Waals surface area (Å²) in [6.07, 6.45) is 0.635. The van der Waals surface area contributed by atoms with Crippen LogP contribution in [0.15, 0.2) is 46.9 Å². The monoisotopic (exact) mass is 322 g/mol. The Labute approximate surface area is 120 Å². The number of nitrogens with one attached hydrogen (secondary N) is 1. The summed E-state index contributed by atoms with van der Waals surface area (Å²) in [4.78, 5) is 0. The summed E-state index contributed by atoms with van der Waals surface area (Å²) in [7, 11) is 0. The second kappa shape index (κ2) is 6.28. The van der Waals surface area contributed by atoms with Crippen molar-refractivity contribution in [3.05, 3.63) is 69.4 Å². The Hall–Kier alpha value is -1.23. The van der Waals surface area contributed by atoms with Crippen LogP contribution in [0.5, 0.6) is 0 Å². The van der Waals surface area contributed by atoms with E-state index in [1.54, 1.807) is 19.1 Å². The molecule has 3 N–H and O–H groups in total. The highest BCUT2D eigenvalue weighted by atomic mass is 79.9. The van der Waals surface area contributed by atoms with Gasteiger partial charge in [-0.1, -0.05) is 46.3 Å². The Bertz CT molecular complexity index is 572. The van der Waals surface area contributed by atoms with E-state index in [1.165, 1.54) is 0 Å². The third kappa shape index (κ3) is 3.41. The minimum Gasteiger partial charge on any atom is -0.271 e. The van der Waals surface area contributed by atoms with Crippen LogP contribution in [0, 0.1) is 12.7 Å². The van der Waals surface area contributed by atoms with E-state index in [0.29, 0.717) is 17.5 Å². The lowest BCUT2D eigenvalue weighted by Gasteiger charge is -2.18. The standard InChI is InChI=1S/C15H16BrFN2/c1-10-4-2-7-13(15(10)17)14(19-18)9-11-5-3-6-12(16)8-11/h2-8,14,19H,9,18H2,1H3. The summed E-state index contributed by atoms with van der Waals surface area (Å²) in [5.74, 6) is 5.39. The normalized spacial score (nSPS) is 12.4. The maximum Gasteiger partial charge on any atom is 0.130 e. The molecular formula is C15H16BrFN2. The zero-order chi connectivity index (χ0) is 13.8. The van der Waals surface area contributed by atoms with Gasteiger partial charge in [-0.2, -0.15) is 0 Å². The zero-order valence-electron chi connectivity index (χ0n) is 10.7. The first-order chi connectivity index (χ1) is 9.11. The topological polar surface area (TPSA) is 38.0 Å². The van der Waals surface area contributed by atoms with Crippen LogP contribution in [0.4, 0.5) is 4.39 Å². The molecule has 0 amide bonds. The number of benzene rings is 2. The molecule has 100 valence electrons. The fraction of sp³-hybridized carbons (Fsp3) is 0.200. The molecule has 0 radical (unpaired) electrons. The van der Waals surface area contributed by atoms with Crippen molar-refractivity contribution in [1.82, 2.24) is 5.43 Å². The van der Waals surface area contributed by atoms with Gasteiger partial charge in [0, 0.05) is 10.0 Å². The molecule has 1 unspecified atom stereocenters. The van der Waals surface area contributed by atoms with Gasteiger partial charge in [0.05, 0.1) is 6.04 Å². The summed E-state index contributed by atoms with van der Waals surface area (Å²) in [5, 5.41) is 0. The van der Waals surface area contributed by atoms with E-state index < -0.39 is 0 Å². The van der Waals surface area contributed by atoms with Crippen molar-refractivity contribution in [3.63, 3.8) is 0 Å². The Morgan fingerprint density at radius 3 is 2.68 bits per heavy atom. The van der Waals surface area contributed by atoms with Gasteiger partial charge in [-0.3, -0.25) is 11.3 Å². The summed E-state index contributed by atoms with van der Waals surface area (Å²) in [6.45, 7) is 1.76. The Morgan fingerprint density at radius 1 is 1.26 bits per heavy atom. The minimum absolute atomic E-state index is 0.194. The fourth-order valence-electron chi connectivity index (χ4n) is 2.10. The van der Waals surface area contributed by atoms with E-state index in [0.717, 1.165) is 10.0 Å². The van der Waals surface area contributed by atoms with E-state index in [-0.39, 0.29) is 11.9 Å². The van der Waals surface area contributed by atoms with Crippen LogP contribution in [0.2, 0.25) is 0 Å². The largest absolute Gasteiger partial charge is 0.271 e. The smallest absolute Gasteiger partial charge is 0.130 e. The number of nitrogens with two attached hydrogens (primary N) is 1. The number of hydrazine groups is 1. The van der Waals surface area contributed by atoms with Crippen LogP contribution in [0.3, 0.4) is 0 Å². The molecule has 0 spiro atoms. The van der Waals surface area contributed by atoms with Gasteiger partial charge in [0.15, 0.2) is 0 Å². The van der Waals surface area contributed by atoms with Gasteiger partial charge in [-0.15, -0.1) is 0 Å². The van der Waals surface area contributed by atoms with Gasteiger partial charge < -0.3 is 0 Å². The van der Waals surface area contributed by atoms with E-state index in [2.05, 4.69) is 21.4 Å². The van der Waals surface area contributed by atoms with Crippen LogP contribution in [0.1, 0.15) is 22.7 Å². The number of hydrogen-bond acceptors (Lipinski definition) is 2. The van der Waals surface area contributed by atoms with Gasteiger partial charge >= 0.3 is 0 Å². The van der Waals surface area contributed by atoms with Gasteiger partial charge in [0.2, 0.25) is 0 Å². The lowest BCUT2D eigenvalue weighted by Crippen LogP contribution is -2.30. The Balaban J connectivity index is 2.28. The maximum atomic E-state index is 14.1. The van der Waals surface area contributed by atoms with Crippen LogP contribution >= 0.6 is 15.9 Å². The summed E-state index contributed by atoms with van der Waals surface area (Å²) in [5.41, 5.74) is 5.03. The molecule has 0 saturated heterocycles. The van der Waals surface area contributed by atoms with Gasteiger partial charge in [0.25, 0.3) is 0 Å². The predicted octanol–water partition coefficient (Wildman–Crippen LogP) is 3.64. The number of hydrogen-bond donors (Lipinski definition) is 2. The van der Waals surface area contributed by atoms with Crippen molar-refractivity contribution in [3.8, 4) is 0 Å². The molecule has 4 heteroatoms. The fourth-order valence-corrected chi connectivity index (χ4v) is 2.54. The molecule has 2 aromatic carbocycles. The molecule has 1 atom stereocenters. The maximum absolute atomic E-state index is 14.1. The number of rotatable bonds is 4. The SMILES string of the molecule is Cc1cccc(C(Cc2cccc(Br)c2)NN)c1F. The molecule has 0 fully saturated rings. The number of halogens is 2. The predicted molar refractivity (Wildman–Crippen MR) is 79.0 cm³/mol. The highest BCUT2D eigenvalue weighted by Crippen LogP contribution is 2.23. The van der Waals surface area contributed by atoms with Crippen molar-refractivity contribution in [2.45, 2.75) is 19.4 Å². The van der Waals surface area contributed by atoms with Crippen LogP contribution in [-0.4, -0.2) is 0 Å². The third-order valence-electron chi connectivity index (χ3n) is 3.13. The molecular weight excluding hydrogens is 307 g/mol. The van der Waals surface area contributed by atoms with Gasteiger partial charge in [0.1, 0.15) is 5.82 Å². The lowest BCUT2D eigenvalue weighted by molar-refractivity contribution is 0.507. The number of aryl methyl sites for hydroxylation is 1. The van der Waals surface area contributed by atoms with Crippen LogP contribution in [0.25, 0.3) is 0 Å². The highest BCUT2D eigenvalue weighted by molar-refractivity contribution is 9.10. The van der Waals surface area contributed by atoms with E-state index in [4.69, 9.17) is 5.84 Å². The van der Waals surface area contributed by atoms with Gasteiger partial charge in [-0.05, 0) is 36.6 Å². The lowest BCUT2D eigenvalue weighted by atomic mass is 9.97. The molecule has 2 aromatic rings. The van der Waals surface area contributed by atoms with Gasteiger partial charge in [-0.25, -0.2) is 4.39 Å². The molecule has 19 heavy (non-hydrogen) atoms. The first kappa shape index (κ1) is 14.2. The first-order valence-corrected chi connectivity index (χ1v) is 6.86. The molecule has 2 nitrogen and oxygen atoms in total. The molecule has 0 aliphatic heterocycles. The molecule has 2 rings (SSSR count). The molecule has 0 heterocycles. The van der Waals surface area contributed by atoms with E-state index >= 15 is 0 Å². The van der Waals surface area contributed by atoms with E-state index in [1.807, 2.05) is 30.3 Å². The second-order valence-corrected chi connectivity index (χ2v) is 5.45.